The van der Waals surface area contributed by atoms with Crippen molar-refractivity contribution in [2.45, 2.75) is 45.8 Å². The summed E-state index contributed by atoms with van der Waals surface area (Å²) in [6.07, 6.45) is 2.58. The summed E-state index contributed by atoms with van der Waals surface area (Å²) in [6, 6.07) is 19.7. The number of carbonyl (C=O) groups is 2. The zero-order valence-electron chi connectivity index (χ0n) is 24.1. The van der Waals surface area contributed by atoms with Crippen molar-refractivity contribution in [2.24, 2.45) is 0 Å². The van der Waals surface area contributed by atoms with Crippen LogP contribution < -0.4 is 4.90 Å². The minimum Gasteiger partial charge on any atom is -0.506 e. The highest BCUT2D eigenvalue weighted by molar-refractivity contribution is 7.99. The van der Waals surface area contributed by atoms with E-state index in [1.165, 1.54) is 35.4 Å². The van der Waals surface area contributed by atoms with E-state index in [1.54, 1.807) is 18.3 Å². The number of aryl methyl sites for hydroxylation is 3. The van der Waals surface area contributed by atoms with Gasteiger partial charge in [0, 0.05) is 19.3 Å². The summed E-state index contributed by atoms with van der Waals surface area (Å²) < 4.78 is 2.02. The van der Waals surface area contributed by atoms with Gasteiger partial charge in [0.15, 0.2) is 22.4 Å². The van der Waals surface area contributed by atoms with Crippen LogP contribution in [0.2, 0.25) is 0 Å². The fraction of sp³-hybridized carbons (Fsp3) is 0.235. The number of hydrogen-bond donors (Lipinski definition) is 1. The predicted molar refractivity (Wildman–Crippen MR) is 167 cm³/mol. The molecule has 2 aromatic heterocycles. The van der Waals surface area contributed by atoms with Crippen molar-refractivity contribution >= 4 is 40.2 Å². The number of thioether (sulfide) groups is 1. The van der Waals surface area contributed by atoms with Gasteiger partial charge in [-0.15, -0.1) is 0 Å². The molecule has 0 fully saturated rings. The molecule has 1 aliphatic heterocycles. The fourth-order valence-corrected chi connectivity index (χ4v) is 6.90. The molecule has 5 aromatic rings. The van der Waals surface area contributed by atoms with E-state index < -0.39 is 0 Å². The van der Waals surface area contributed by atoms with E-state index in [1.807, 2.05) is 28.8 Å². The van der Waals surface area contributed by atoms with Crippen LogP contribution in [0.3, 0.4) is 0 Å². The molecule has 0 bridgehead atoms. The largest absolute Gasteiger partial charge is 0.506 e. The summed E-state index contributed by atoms with van der Waals surface area (Å²) in [6.45, 7) is 8.93. The van der Waals surface area contributed by atoms with Gasteiger partial charge in [-0.25, -0.2) is 9.97 Å². The lowest BCUT2D eigenvalue weighted by Crippen LogP contribution is -2.31. The van der Waals surface area contributed by atoms with Crippen molar-refractivity contribution in [1.82, 2.24) is 14.5 Å². The lowest BCUT2D eigenvalue weighted by Gasteiger charge is -2.32. The smallest absolute Gasteiger partial charge is 0.179 e. The number of fused-ring (bicyclic) bond motifs is 2. The monoisotopic (exact) mass is 576 g/mol. The Kier molecular flexibility index (Phi) is 7.33. The maximum Gasteiger partial charge on any atom is 0.179 e. The molecule has 8 heteroatoms. The number of rotatable bonds is 7. The lowest BCUT2D eigenvalue weighted by atomic mass is 9.96. The zero-order chi connectivity index (χ0) is 29.5. The first kappa shape index (κ1) is 27.7. The number of ketones is 2. The van der Waals surface area contributed by atoms with E-state index in [0.29, 0.717) is 23.9 Å². The third-order valence-corrected chi connectivity index (χ3v) is 8.80. The van der Waals surface area contributed by atoms with Crippen molar-refractivity contribution in [1.29, 1.82) is 0 Å². The maximum absolute atomic E-state index is 14.0. The predicted octanol–water partition coefficient (Wildman–Crippen LogP) is 6.79. The number of carbonyl (C=O) groups excluding carboxylic acids is 2. The third kappa shape index (κ3) is 4.96. The fourth-order valence-electron chi connectivity index (χ4n) is 6.02. The number of pyridine rings is 1. The normalized spacial score (nSPS) is 12.9. The minimum absolute atomic E-state index is 0.0274. The Morgan fingerprint density at radius 1 is 0.976 bits per heavy atom. The number of benzene rings is 3. The summed E-state index contributed by atoms with van der Waals surface area (Å²) >= 11 is 1.31. The van der Waals surface area contributed by atoms with Gasteiger partial charge < -0.3 is 10.0 Å². The first-order chi connectivity index (χ1) is 20.2. The van der Waals surface area contributed by atoms with Crippen molar-refractivity contribution in [3.8, 4) is 11.4 Å². The van der Waals surface area contributed by atoms with Gasteiger partial charge in [-0.05, 0) is 80.6 Å². The van der Waals surface area contributed by atoms with Gasteiger partial charge in [0.25, 0.3) is 0 Å². The van der Waals surface area contributed by atoms with Crippen molar-refractivity contribution in [3.05, 3.63) is 106 Å². The van der Waals surface area contributed by atoms with Crippen LogP contribution in [0.1, 0.15) is 55.5 Å². The van der Waals surface area contributed by atoms with E-state index in [-0.39, 0.29) is 34.2 Å². The van der Waals surface area contributed by atoms with Gasteiger partial charge in [0.2, 0.25) is 0 Å². The molecule has 0 spiro atoms. The highest BCUT2D eigenvalue weighted by atomic mass is 32.2. The highest BCUT2D eigenvalue weighted by Gasteiger charge is 2.27. The van der Waals surface area contributed by atoms with Crippen LogP contribution in [0.15, 0.2) is 72.0 Å². The van der Waals surface area contributed by atoms with Gasteiger partial charge >= 0.3 is 0 Å². The molecule has 6 rings (SSSR count). The Hall–Kier alpha value is -4.43. The number of aromatic nitrogens is 3. The molecule has 0 saturated heterocycles. The molecule has 42 heavy (non-hydrogen) atoms. The molecular weight excluding hydrogens is 544 g/mol. The summed E-state index contributed by atoms with van der Waals surface area (Å²) in [5.41, 5.74) is 9.23. The molecule has 3 heterocycles. The number of aromatic hydroxyl groups is 1. The van der Waals surface area contributed by atoms with E-state index in [2.05, 4.69) is 54.9 Å². The number of Topliss-reactive ketones (excluding diaryl/α,β-unsaturated/α-hetero) is 2. The number of phenolic OH excluding ortho intramolecular Hbond substituents is 1. The van der Waals surface area contributed by atoms with Crippen LogP contribution in [0.5, 0.6) is 5.75 Å². The molecule has 0 aliphatic carbocycles. The summed E-state index contributed by atoms with van der Waals surface area (Å²) in [7, 11) is 0. The van der Waals surface area contributed by atoms with E-state index in [9.17, 15) is 14.7 Å². The first-order valence-electron chi connectivity index (χ1n) is 14.0. The van der Waals surface area contributed by atoms with Crippen LogP contribution in [0, 0.1) is 20.8 Å². The molecule has 0 amide bonds. The van der Waals surface area contributed by atoms with Crippen molar-refractivity contribution in [2.75, 3.05) is 17.2 Å². The molecule has 7 nitrogen and oxygen atoms in total. The zero-order valence-corrected chi connectivity index (χ0v) is 25.0. The number of phenols is 1. The number of imidazole rings is 1. The second-order valence-electron chi connectivity index (χ2n) is 10.9. The standard InChI is InChI=1S/C34H32N4O3S/c1-20-16-21(2)31(22(3)17-20)38-33-27(10-7-14-35-33)36-34(38)42-19-29(40)30-28(12-11-26(23(4)39)32(30)41)37-15-13-24-8-5-6-9-25(24)18-37/h5-12,14,16-17,41H,13,15,18-19H2,1-4H3. The molecule has 0 atom stereocenters. The molecule has 1 N–H and O–H groups in total. The van der Waals surface area contributed by atoms with Gasteiger partial charge in [-0.3, -0.25) is 14.2 Å². The van der Waals surface area contributed by atoms with Crippen molar-refractivity contribution < 1.29 is 14.7 Å². The summed E-state index contributed by atoms with van der Waals surface area (Å²) in [5.74, 6) is -0.786. The van der Waals surface area contributed by atoms with E-state index >= 15 is 0 Å². The van der Waals surface area contributed by atoms with E-state index in [0.717, 1.165) is 34.4 Å². The van der Waals surface area contributed by atoms with Crippen LogP contribution in [-0.4, -0.2) is 43.5 Å². The Morgan fingerprint density at radius 3 is 2.45 bits per heavy atom. The Labute approximate surface area is 249 Å². The van der Waals surface area contributed by atoms with Gasteiger partial charge in [0.05, 0.1) is 28.3 Å². The van der Waals surface area contributed by atoms with Crippen LogP contribution in [0.4, 0.5) is 5.69 Å². The van der Waals surface area contributed by atoms with E-state index in [4.69, 9.17) is 4.98 Å². The summed E-state index contributed by atoms with van der Waals surface area (Å²) in [4.78, 5) is 37.9. The molecule has 1 aliphatic rings. The van der Waals surface area contributed by atoms with Crippen LogP contribution in [0.25, 0.3) is 16.9 Å². The van der Waals surface area contributed by atoms with Gasteiger partial charge in [-0.1, -0.05) is 53.7 Å². The molecule has 212 valence electrons. The summed E-state index contributed by atoms with van der Waals surface area (Å²) in [5, 5.41) is 11.9. The molecular formula is C34H32N4O3S. The topological polar surface area (TPSA) is 88.3 Å². The van der Waals surface area contributed by atoms with Crippen LogP contribution >= 0.6 is 11.8 Å². The first-order valence-corrected chi connectivity index (χ1v) is 15.0. The molecule has 0 radical (unpaired) electrons. The second-order valence-corrected chi connectivity index (χ2v) is 11.8. The third-order valence-electron chi connectivity index (χ3n) is 7.86. The molecule has 0 saturated carbocycles. The number of hydrogen-bond acceptors (Lipinski definition) is 7. The Balaban J connectivity index is 1.38. The Morgan fingerprint density at radius 2 is 1.71 bits per heavy atom. The quantitative estimate of drug-likeness (QED) is 0.169. The Bertz CT molecular complexity index is 1850. The number of nitrogens with zero attached hydrogens (tertiary/aromatic N) is 4. The minimum atomic E-state index is -0.289. The average Bonchev–Trinajstić information content (AvgIpc) is 3.32. The average molecular weight is 577 g/mol. The lowest BCUT2D eigenvalue weighted by molar-refractivity contribution is 0.101. The molecule has 0 unspecified atom stereocenters. The van der Waals surface area contributed by atoms with Crippen molar-refractivity contribution in [3.63, 3.8) is 0 Å². The number of anilines is 1. The second kappa shape index (κ2) is 11.1. The van der Waals surface area contributed by atoms with Crippen LogP contribution in [-0.2, 0) is 13.0 Å². The maximum atomic E-state index is 14.0. The van der Waals surface area contributed by atoms with Gasteiger partial charge in [-0.2, -0.15) is 0 Å². The van der Waals surface area contributed by atoms with Gasteiger partial charge in [0.1, 0.15) is 11.3 Å². The molecule has 3 aromatic carbocycles. The highest BCUT2D eigenvalue weighted by Crippen LogP contribution is 2.37. The SMILES string of the molecule is CC(=O)c1ccc(N2CCc3ccccc3C2)c(C(=O)CSc2nc3cccnc3n2-c2c(C)cc(C)cc2C)c1O.